The quantitative estimate of drug-likeness (QED) is 0.588. The van der Waals surface area contributed by atoms with Gasteiger partial charge in [-0.15, -0.1) is 0 Å². The maximum atomic E-state index is 5.57. The van der Waals surface area contributed by atoms with E-state index in [0.717, 1.165) is 25.6 Å². The van der Waals surface area contributed by atoms with E-state index in [1.54, 1.807) is 0 Å². The number of ether oxygens (including phenoxy) is 1. The molecule has 2 nitrogen and oxygen atoms in total. The normalized spacial score (nSPS) is 24.0. The fraction of sp³-hybridized carbons (Fsp3) is 1.00. The summed E-state index contributed by atoms with van der Waals surface area (Å²) in [6, 6.07) is 0. The lowest BCUT2D eigenvalue weighted by molar-refractivity contribution is 0.102. The molecule has 0 radical (unpaired) electrons. The van der Waals surface area contributed by atoms with Crippen molar-refractivity contribution in [1.82, 2.24) is 4.90 Å². The van der Waals surface area contributed by atoms with Gasteiger partial charge in [0.25, 0.3) is 0 Å². The summed E-state index contributed by atoms with van der Waals surface area (Å²) in [6.45, 7) is 10.1. The Hall–Kier alpha value is -0.0800. The Labute approximate surface area is 82.3 Å². The lowest BCUT2D eigenvalue weighted by Crippen LogP contribution is -2.22. The van der Waals surface area contributed by atoms with Crippen LogP contribution < -0.4 is 0 Å². The molecule has 0 spiro atoms. The molecule has 0 aromatic carbocycles. The van der Waals surface area contributed by atoms with Crippen molar-refractivity contribution in [3.8, 4) is 0 Å². The molecule has 1 saturated heterocycles. The van der Waals surface area contributed by atoms with Crippen molar-refractivity contribution in [3.05, 3.63) is 0 Å². The highest BCUT2D eigenvalue weighted by Gasteiger charge is 2.21. The van der Waals surface area contributed by atoms with Gasteiger partial charge < -0.3 is 9.64 Å². The summed E-state index contributed by atoms with van der Waals surface area (Å²) in [5.41, 5.74) is 0. The van der Waals surface area contributed by atoms with Crippen molar-refractivity contribution in [2.75, 3.05) is 32.8 Å². The molecule has 2 heteroatoms. The zero-order valence-corrected chi connectivity index (χ0v) is 9.09. The summed E-state index contributed by atoms with van der Waals surface area (Å²) in [7, 11) is 0. The third-order valence-electron chi connectivity index (χ3n) is 2.61. The van der Waals surface area contributed by atoms with Gasteiger partial charge in [0.05, 0.1) is 6.61 Å². The third kappa shape index (κ3) is 4.10. The van der Waals surface area contributed by atoms with Gasteiger partial charge in [-0.3, -0.25) is 0 Å². The summed E-state index contributed by atoms with van der Waals surface area (Å²) in [5.74, 6) is 0.804. The zero-order chi connectivity index (χ0) is 9.52. The average molecular weight is 185 g/mol. The van der Waals surface area contributed by atoms with Gasteiger partial charge in [-0.25, -0.2) is 0 Å². The number of rotatable bonds is 6. The zero-order valence-electron chi connectivity index (χ0n) is 9.09. The van der Waals surface area contributed by atoms with E-state index in [-0.39, 0.29) is 0 Å². The van der Waals surface area contributed by atoms with Gasteiger partial charge in [-0.05, 0) is 38.3 Å². The molecule has 0 bridgehead atoms. The summed E-state index contributed by atoms with van der Waals surface area (Å²) in [4.78, 5) is 2.56. The molecule has 0 amide bonds. The monoisotopic (exact) mass is 185 g/mol. The van der Waals surface area contributed by atoms with Crippen LogP contribution in [0.15, 0.2) is 0 Å². The Morgan fingerprint density at radius 2 is 2.15 bits per heavy atom. The molecule has 0 aliphatic carbocycles. The number of likely N-dealkylation sites (tertiary alicyclic amines) is 1. The van der Waals surface area contributed by atoms with Gasteiger partial charge in [-0.1, -0.05) is 13.8 Å². The second-order valence-electron chi connectivity index (χ2n) is 4.03. The molecule has 1 fully saturated rings. The van der Waals surface area contributed by atoms with Crippen LogP contribution in [0.1, 0.15) is 33.1 Å². The summed E-state index contributed by atoms with van der Waals surface area (Å²) in [5, 5.41) is 0. The predicted molar refractivity (Wildman–Crippen MR) is 55.9 cm³/mol. The second-order valence-corrected chi connectivity index (χ2v) is 4.03. The summed E-state index contributed by atoms with van der Waals surface area (Å²) >= 11 is 0. The lowest BCUT2D eigenvalue weighted by atomic mass is 10.1. The number of hydrogen-bond donors (Lipinski definition) is 0. The Morgan fingerprint density at radius 3 is 2.85 bits per heavy atom. The minimum atomic E-state index is 0.804. The maximum Gasteiger partial charge on any atom is 0.0506 e. The van der Waals surface area contributed by atoms with Gasteiger partial charge >= 0.3 is 0 Å². The predicted octanol–water partition coefficient (Wildman–Crippen LogP) is 2.14. The molecule has 0 saturated carbocycles. The summed E-state index contributed by atoms with van der Waals surface area (Å²) < 4.78 is 5.57. The molecule has 1 heterocycles. The minimum Gasteiger partial charge on any atom is -0.381 e. The smallest absolute Gasteiger partial charge is 0.0506 e. The lowest BCUT2D eigenvalue weighted by Gasteiger charge is -2.14. The fourth-order valence-corrected chi connectivity index (χ4v) is 1.96. The topological polar surface area (TPSA) is 12.5 Å². The Kier molecular flexibility index (Phi) is 5.40. The van der Waals surface area contributed by atoms with E-state index < -0.39 is 0 Å². The Balaban J connectivity index is 2.03. The van der Waals surface area contributed by atoms with Gasteiger partial charge in [0.2, 0.25) is 0 Å². The van der Waals surface area contributed by atoms with Gasteiger partial charge in [0.15, 0.2) is 0 Å². The van der Waals surface area contributed by atoms with Crippen molar-refractivity contribution in [2.24, 2.45) is 5.92 Å². The van der Waals surface area contributed by atoms with Crippen molar-refractivity contribution < 1.29 is 4.74 Å². The molecule has 0 N–H and O–H groups in total. The highest BCUT2D eigenvalue weighted by Crippen LogP contribution is 2.16. The molecule has 1 unspecified atom stereocenters. The van der Waals surface area contributed by atoms with Crippen LogP contribution in [0, 0.1) is 5.92 Å². The van der Waals surface area contributed by atoms with Crippen LogP contribution >= 0.6 is 0 Å². The highest BCUT2D eigenvalue weighted by atomic mass is 16.5. The molecule has 1 aliphatic heterocycles. The van der Waals surface area contributed by atoms with E-state index in [2.05, 4.69) is 18.7 Å². The molecule has 0 aromatic heterocycles. The van der Waals surface area contributed by atoms with Gasteiger partial charge in [0.1, 0.15) is 0 Å². The number of nitrogens with zero attached hydrogens (tertiary/aromatic N) is 1. The van der Waals surface area contributed by atoms with Crippen molar-refractivity contribution in [1.29, 1.82) is 0 Å². The maximum absolute atomic E-state index is 5.57. The van der Waals surface area contributed by atoms with E-state index in [4.69, 9.17) is 4.74 Å². The first-order valence-electron chi connectivity index (χ1n) is 5.66. The van der Waals surface area contributed by atoms with Crippen molar-refractivity contribution >= 4 is 0 Å². The van der Waals surface area contributed by atoms with Crippen LogP contribution in [0.3, 0.4) is 0 Å². The fourth-order valence-electron chi connectivity index (χ4n) is 1.96. The van der Waals surface area contributed by atoms with Crippen molar-refractivity contribution in [2.45, 2.75) is 33.1 Å². The van der Waals surface area contributed by atoms with Gasteiger partial charge in [-0.2, -0.15) is 0 Å². The molecule has 13 heavy (non-hydrogen) atoms. The van der Waals surface area contributed by atoms with Crippen LogP contribution in [-0.2, 0) is 4.74 Å². The van der Waals surface area contributed by atoms with Crippen LogP contribution in [0.4, 0.5) is 0 Å². The van der Waals surface area contributed by atoms with Crippen LogP contribution in [0.5, 0.6) is 0 Å². The van der Waals surface area contributed by atoms with Crippen LogP contribution in [-0.4, -0.2) is 37.7 Å². The number of hydrogen-bond acceptors (Lipinski definition) is 2. The average Bonchev–Trinajstić information content (AvgIpc) is 2.54. The third-order valence-corrected chi connectivity index (χ3v) is 2.61. The molecule has 1 aliphatic rings. The SMILES string of the molecule is CCCOCC1CCN(CCC)C1. The highest BCUT2D eigenvalue weighted by molar-refractivity contribution is 4.74. The molecular weight excluding hydrogens is 162 g/mol. The molecule has 0 aromatic rings. The van der Waals surface area contributed by atoms with Crippen molar-refractivity contribution in [3.63, 3.8) is 0 Å². The Bertz CT molecular complexity index is 127. The van der Waals surface area contributed by atoms with E-state index >= 15 is 0 Å². The minimum absolute atomic E-state index is 0.804. The van der Waals surface area contributed by atoms with E-state index in [1.165, 1.54) is 32.5 Å². The first kappa shape index (κ1) is 11.0. The molecule has 1 rings (SSSR count). The first-order valence-corrected chi connectivity index (χ1v) is 5.66. The largest absolute Gasteiger partial charge is 0.381 e. The molecular formula is C11H23NO. The van der Waals surface area contributed by atoms with E-state index in [9.17, 15) is 0 Å². The van der Waals surface area contributed by atoms with E-state index in [0.29, 0.717) is 0 Å². The molecule has 78 valence electrons. The first-order chi connectivity index (χ1) is 6.36. The van der Waals surface area contributed by atoms with E-state index in [1.807, 2.05) is 0 Å². The second kappa shape index (κ2) is 6.39. The standard InChI is InChI=1S/C11H23NO/c1-3-6-12-7-5-11(9-12)10-13-8-4-2/h11H,3-10H2,1-2H3. The molecule has 1 atom stereocenters. The van der Waals surface area contributed by atoms with Crippen LogP contribution in [0.2, 0.25) is 0 Å². The Morgan fingerprint density at radius 1 is 1.31 bits per heavy atom. The summed E-state index contributed by atoms with van der Waals surface area (Å²) in [6.07, 6.45) is 3.76. The van der Waals surface area contributed by atoms with Crippen LogP contribution in [0.25, 0.3) is 0 Å². The van der Waals surface area contributed by atoms with Gasteiger partial charge in [0, 0.05) is 13.2 Å².